The van der Waals surface area contributed by atoms with Crippen LogP contribution >= 0.6 is 0 Å². The Kier molecular flexibility index (Phi) is 5.51. The number of phenols is 2. The molecule has 3 aromatic carbocycles. The predicted octanol–water partition coefficient (Wildman–Crippen LogP) is 3.99. The highest BCUT2D eigenvalue weighted by molar-refractivity contribution is 5.71. The van der Waals surface area contributed by atoms with Crippen LogP contribution in [0.4, 0.5) is 5.69 Å². The van der Waals surface area contributed by atoms with Crippen LogP contribution in [0, 0.1) is 0 Å². The number of benzene rings is 3. The maximum Gasteiger partial charge on any atom is 0.127 e. The van der Waals surface area contributed by atoms with Crippen molar-refractivity contribution in [1.82, 2.24) is 16.2 Å². The molecule has 1 heterocycles. The van der Waals surface area contributed by atoms with Crippen molar-refractivity contribution in [3.63, 3.8) is 0 Å². The molecule has 6 heteroatoms. The van der Waals surface area contributed by atoms with E-state index < -0.39 is 0 Å². The van der Waals surface area contributed by atoms with Crippen LogP contribution in [0.1, 0.15) is 36.4 Å². The normalized spacial score (nSPS) is 20.6. The van der Waals surface area contributed by atoms with E-state index in [4.69, 9.17) is 0 Å². The van der Waals surface area contributed by atoms with E-state index in [0.717, 1.165) is 30.3 Å². The Morgan fingerprint density at radius 2 is 1.65 bits per heavy atom. The van der Waals surface area contributed by atoms with E-state index in [1.165, 1.54) is 30.0 Å². The van der Waals surface area contributed by atoms with Crippen LogP contribution < -0.4 is 21.5 Å². The standard InChI is InChI=1S/C25H28N4O2/c30-21-11-12-22(24(31)13-21)17-3-5-18(6-4-17)23-14-25(29-28-23)27-20-7-1-16(2-8-20)15-26-19-9-10-19/h1-8,11-13,19,23,25-31H,9-10,14-15H2. The van der Waals surface area contributed by atoms with Crippen LogP contribution in [0.3, 0.4) is 0 Å². The lowest BCUT2D eigenvalue weighted by molar-refractivity contribution is 0.452. The highest BCUT2D eigenvalue weighted by atomic mass is 16.3. The van der Waals surface area contributed by atoms with E-state index in [1.54, 1.807) is 12.1 Å². The lowest BCUT2D eigenvalue weighted by atomic mass is 9.99. The number of hydrogen-bond acceptors (Lipinski definition) is 6. The molecule has 0 amide bonds. The SMILES string of the molecule is Oc1ccc(-c2ccc(C3CC(Nc4ccc(CNC5CC5)cc4)NN3)cc2)c(O)c1. The minimum atomic E-state index is 0.0576. The number of nitrogens with one attached hydrogen (secondary N) is 4. The van der Waals surface area contributed by atoms with Crippen molar-refractivity contribution in [3.05, 3.63) is 77.9 Å². The zero-order chi connectivity index (χ0) is 21.2. The van der Waals surface area contributed by atoms with Crippen molar-refractivity contribution >= 4 is 5.69 Å². The van der Waals surface area contributed by atoms with Crippen LogP contribution in [0.5, 0.6) is 11.5 Å². The van der Waals surface area contributed by atoms with Crippen LogP contribution in [0.15, 0.2) is 66.7 Å². The first-order chi connectivity index (χ1) is 15.1. The largest absolute Gasteiger partial charge is 0.508 e. The zero-order valence-corrected chi connectivity index (χ0v) is 17.3. The van der Waals surface area contributed by atoms with Crippen LogP contribution in [-0.2, 0) is 6.54 Å². The molecule has 0 radical (unpaired) electrons. The summed E-state index contributed by atoms with van der Waals surface area (Å²) in [5.74, 6) is 0.134. The molecular formula is C25H28N4O2. The molecule has 3 aromatic rings. The molecule has 0 aromatic heterocycles. The molecule has 1 saturated heterocycles. The molecular weight excluding hydrogens is 388 g/mol. The second-order valence-electron chi connectivity index (χ2n) is 8.45. The third-order valence-corrected chi connectivity index (χ3v) is 5.98. The molecule has 5 rings (SSSR count). The van der Waals surface area contributed by atoms with E-state index in [2.05, 4.69) is 57.9 Å². The molecule has 1 saturated carbocycles. The lowest BCUT2D eigenvalue weighted by Gasteiger charge is -2.14. The summed E-state index contributed by atoms with van der Waals surface area (Å²) in [5.41, 5.74) is 11.9. The van der Waals surface area contributed by atoms with Gasteiger partial charge in [-0.3, -0.25) is 0 Å². The average molecular weight is 417 g/mol. The summed E-state index contributed by atoms with van der Waals surface area (Å²) in [6.45, 7) is 0.939. The van der Waals surface area contributed by atoms with Gasteiger partial charge in [-0.2, -0.15) is 0 Å². The van der Waals surface area contributed by atoms with Crippen molar-refractivity contribution < 1.29 is 10.2 Å². The van der Waals surface area contributed by atoms with Crippen molar-refractivity contribution in [3.8, 4) is 22.6 Å². The number of hydrazine groups is 1. The third kappa shape index (κ3) is 4.82. The van der Waals surface area contributed by atoms with E-state index in [0.29, 0.717) is 5.56 Å². The Hall–Kier alpha value is -3.06. The second kappa shape index (κ2) is 8.59. The molecule has 0 spiro atoms. The van der Waals surface area contributed by atoms with Gasteiger partial charge < -0.3 is 20.8 Å². The van der Waals surface area contributed by atoms with Gasteiger partial charge in [-0.25, -0.2) is 10.9 Å². The number of aromatic hydroxyl groups is 2. The molecule has 2 atom stereocenters. The second-order valence-corrected chi connectivity index (χ2v) is 8.45. The first-order valence-corrected chi connectivity index (χ1v) is 10.9. The van der Waals surface area contributed by atoms with Crippen molar-refractivity contribution in [2.45, 2.75) is 44.1 Å². The van der Waals surface area contributed by atoms with Crippen LogP contribution in [0.2, 0.25) is 0 Å². The summed E-state index contributed by atoms with van der Waals surface area (Å²) in [6.07, 6.45) is 3.67. The van der Waals surface area contributed by atoms with E-state index in [1.807, 2.05) is 12.1 Å². The Labute approximate surface area is 182 Å². The molecule has 160 valence electrons. The van der Waals surface area contributed by atoms with Gasteiger partial charge in [0.2, 0.25) is 0 Å². The zero-order valence-electron chi connectivity index (χ0n) is 17.3. The van der Waals surface area contributed by atoms with E-state index in [-0.39, 0.29) is 23.7 Å². The Morgan fingerprint density at radius 3 is 2.35 bits per heavy atom. The van der Waals surface area contributed by atoms with Gasteiger partial charge in [0.05, 0.1) is 6.17 Å². The quantitative estimate of drug-likeness (QED) is 0.349. The summed E-state index contributed by atoms with van der Waals surface area (Å²) in [5, 5.41) is 26.6. The molecule has 2 fully saturated rings. The van der Waals surface area contributed by atoms with Gasteiger partial charge in [-0.05, 0) is 53.8 Å². The van der Waals surface area contributed by atoms with Crippen molar-refractivity contribution in [2.24, 2.45) is 0 Å². The van der Waals surface area contributed by atoms with Gasteiger partial charge in [0.1, 0.15) is 11.5 Å². The summed E-state index contributed by atoms with van der Waals surface area (Å²) in [6, 6.07) is 22.4. The molecule has 2 unspecified atom stereocenters. The first-order valence-electron chi connectivity index (χ1n) is 10.9. The van der Waals surface area contributed by atoms with Gasteiger partial charge in [0.15, 0.2) is 0 Å². The summed E-state index contributed by atoms with van der Waals surface area (Å²) in [7, 11) is 0. The fourth-order valence-electron chi connectivity index (χ4n) is 4.00. The minimum Gasteiger partial charge on any atom is -0.508 e. The molecule has 0 bridgehead atoms. The van der Waals surface area contributed by atoms with Gasteiger partial charge in [-0.15, -0.1) is 0 Å². The Morgan fingerprint density at radius 1 is 0.871 bits per heavy atom. The highest BCUT2D eigenvalue weighted by Crippen LogP contribution is 2.33. The van der Waals surface area contributed by atoms with Crippen LogP contribution in [-0.4, -0.2) is 22.4 Å². The molecule has 6 nitrogen and oxygen atoms in total. The monoisotopic (exact) mass is 416 g/mol. The average Bonchev–Trinajstić information content (AvgIpc) is 3.50. The van der Waals surface area contributed by atoms with Gasteiger partial charge in [-0.1, -0.05) is 36.4 Å². The number of rotatable bonds is 7. The van der Waals surface area contributed by atoms with E-state index >= 15 is 0 Å². The smallest absolute Gasteiger partial charge is 0.127 e. The summed E-state index contributed by atoms with van der Waals surface area (Å²) < 4.78 is 0. The van der Waals surface area contributed by atoms with Gasteiger partial charge in [0, 0.05) is 42.4 Å². The van der Waals surface area contributed by atoms with Crippen molar-refractivity contribution in [2.75, 3.05) is 5.32 Å². The Balaban J connectivity index is 1.17. The first kappa shape index (κ1) is 19.9. The molecule has 1 aliphatic heterocycles. The fraction of sp³-hybridized carbons (Fsp3) is 0.280. The maximum atomic E-state index is 10.1. The van der Waals surface area contributed by atoms with Crippen LogP contribution in [0.25, 0.3) is 11.1 Å². The molecule has 6 N–H and O–H groups in total. The topological polar surface area (TPSA) is 88.6 Å². The van der Waals surface area contributed by atoms with E-state index in [9.17, 15) is 10.2 Å². The number of hydrogen-bond donors (Lipinski definition) is 6. The third-order valence-electron chi connectivity index (χ3n) is 5.98. The van der Waals surface area contributed by atoms with Gasteiger partial charge >= 0.3 is 0 Å². The maximum absolute atomic E-state index is 10.1. The predicted molar refractivity (Wildman–Crippen MR) is 123 cm³/mol. The Bertz CT molecular complexity index is 1030. The summed E-state index contributed by atoms with van der Waals surface area (Å²) >= 11 is 0. The fourth-order valence-corrected chi connectivity index (χ4v) is 4.00. The lowest BCUT2D eigenvalue weighted by Crippen LogP contribution is -2.35. The molecule has 1 aliphatic carbocycles. The summed E-state index contributed by atoms with van der Waals surface area (Å²) in [4.78, 5) is 0. The molecule has 31 heavy (non-hydrogen) atoms. The highest BCUT2D eigenvalue weighted by Gasteiger charge is 2.25. The number of anilines is 1. The minimum absolute atomic E-state index is 0.0576. The van der Waals surface area contributed by atoms with Gasteiger partial charge in [0.25, 0.3) is 0 Å². The molecule has 2 aliphatic rings. The van der Waals surface area contributed by atoms with Crippen molar-refractivity contribution in [1.29, 1.82) is 0 Å². The number of phenolic OH excluding ortho intramolecular Hbond substituents is 2.